The van der Waals surface area contributed by atoms with E-state index in [1.807, 2.05) is 56.3 Å². The molecule has 1 heterocycles. The minimum absolute atomic E-state index is 0.0329. The van der Waals surface area contributed by atoms with Crippen LogP contribution in [-0.2, 0) is 11.2 Å². The quantitative estimate of drug-likeness (QED) is 0.620. The van der Waals surface area contributed by atoms with E-state index in [4.69, 9.17) is 0 Å². The smallest absolute Gasteiger partial charge is 0.251 e. The lowest BCUT2D eigenvalue weighted by atomic mass is 10.0. The summed E-state index contributed by atoms with van der Waals surface area (Å²) in [5.41, 5.74) is 3.97. The van der Waals surface area contributed by atoms with Crippen LogP contribution in [0.15, 0.2) is 53.3 Å². The summed E-state index contributed by atoms with van der Waals surface area (Å²) in [5, 5.41) is 3.76. The lowest BCUT2D eigenvalue weighted by molar-refractivity contribution is -0.121. The lowest BCUT2D eigenvalue weighted by Crippen LogP contribution is -2.27. The van der Waals surface area contributed by atoms with Crippen LogP contribution in [0.2, 0.25) is 0 Å². The van der Waals surface area contributed by atoms with Crippen molar-refractivity contribution in [1.29, 1.82) is 0 Å². The van der Waals surface area contributed by atoms with Crippen LogP contribution in [-0.4, -0.2) is 23.2 Å². The molecule has 0 aliphatic heterocycles. The van der Waals surface area contributed by atoms with Gasteiger partial charge in [-0.25, -0.2) is 0 Å². The second-order valence-electron chi connectivity index (χ2n) is 7.05. The number of aromatic amines is 1. The van der Waals surface area contributed by atoms with E-state index in [0.29, 0.717) is 24.1 Å². The number of pyridine rings is 1. The molecular weight excluding hydrogens is 352 g/mol. The van der Waals surface area contributed by atoms with Gasteiger partial charge in [0.05, 0.1) is 0 Å². The molecule has 28 heavy (non-hydrogen) atoms. The van der Waals surface area contributed by atoms with Crippen LogP contribution in [0.3, 0.4) is 0 Å². The third-order valence-electron chi connectivity index (χ3n) is 4.82. The Morgan fingerprint density at radius 3 is 2.57 bits per heavy atom. The van der Waals surface area contributed by atoms with Gasteiger partial charge in [0.15, 0.2) is 5.78 Å². The van der Waals surface area contributed by atoms with Gasteiger partial charge in [-0.15, -0.1) is 0 Å². The van der Waals surface area contributed by atoms with Crippen LogP contribution in [0, 0.1) is 13.8 Å². The first-order valence-electron chi connectivity index (χ1n) is 9.42. The topological polar surface area (TPSA) is 79.0 Å². The number of rotatable bonds is 7. The summed E-state index contributed by atoms with van der Waals surface area (Å²) in [5.74, 6) is -0.218. The fourth-order valence-electron chi connectivity index (χ4n) is 3.22. The normalized spacial score (nSPS) is 10.8. The van der Waals surface area contributed by atoms with Crippen LogP contribution < -0.4 is 10.9 Å². The highest BCUT2D eigenvalue weighted by atomic mass is 16.2. The van der Waals surface area contributed by atoms with Crippen molar-refractivity contribution < 1.29 is 9.59 Å². The molecule has 1 amide bonds. The molecule has 1 aromatic heterocycles. The van der Waals surface area contributed by atoms with Gasteiger partial charge in [-0.3, -0.25) is 14.4 Å². The summed E-state index contributed by atoms with van der Waals surface area (Å²) in [6.07, 6.45) is 0.754. The fourth-order valence-corrected chi connectivity index (χ4v) is 3.22. The van der Waals surface area contributed by atoms with Gasteiger partial charge in [-0.05, 0) is 48.9 Å². The summed E-state index contributed by atoms with van der Waals surface area (Å²) in [4.78, 5) is 39.4. The Bertz CT molecular complexity index is 1080. The van der Waals surface area contributed by atoms with Crippen LogP contribution in [0.25, 0.3) is 10.9 Å². The number of benzene rings is 2. The predicted molar refractivity (Wildman–Crippen MR) is 111 cm³/mol. The zero-order chi connectivity index (χ0) is 20.1. The van der Waals surface area contributed by atoms with Crippen LogP contribution in [0.5, 0.6) is 0 Å². The molecule has 0 aliphatic carbocycles. The van der Waals surface area contributed by atoms with Crippen molar-refractivity contribution in [3.8, 4) is 0 Å². The van der Waals surface area contributed by atoms with E-state index in [0.717, 1.165) is 22.0 Å². The van der Waals surface area contributed by atoms with Crippen molar-refractivity contribution in [3.05, 3.63) is 81.1 Å². The Morgan fingerprint density at radius 1 is 1.00 bits per heavy atom. The molecule has 0 saturated heterocycles. The summed E-state index contributed by atoms with van der Waals surface area (Å²) in [7, 11) is 0. The molecule has 0 unspecified atom stereocenters. The van der Waals surface area contributed by atoms with E-state index >= 15 is 0 Å². The first-order chi connectivity index (χ1) is 13.4. The van der Waals surface area contributed by atoms with Gasteiger partial charge in [0, 0.05) is 36.0 Å². The standard InChI is InChI=1S/C23H24N2O3/c1-15-7-8-17-14-18(23(28)25-20(17)13-15)11-12-24-22(27)10-9-21(26)19-6-4-3-5-16(19)2/h3-8,13-14H,9-12H2,1-2H3,(H,24,27)(H,25,28). The number of fused-ring (bicyclic) bond motifs is 1. The third-order valence-corrected chi connectivity index (χ3v) is 4.82. The number of aromatic nitrogens is 1. The predicted octanol–water partition coefficient (Wildman–Crippen LogP) is 3.47. The second-order valence-corrected chi connectivity index (χ2v) is 7.05. The minimum atomic E-state index is -0.185. The van der Waals surface area contributed by atoms with Crippen molar-refractivity contribution in [2.24, 2.45) is 0 Å². The first-order valence-corrected chi connectivity index (χ1v) is 9.42. The number of nitrogens with one attached hydrogen (secondary N) is 2. The number of amides is 1. The van der Waals surface area contributed by atoms with Gasteiger partial charge in [-0.1, -0.05) is 36.4 Å². The van der Waals surface area contributed by atoms with Gasteiger partial charge in [0.1, 0.15) is 0 Å². The number of aryl methyl sites for hydroxylation is 2. The molecule has 3 aromatic rings. The molecule has 0 bridgehead atoms. The molecule has 3 rings (SSSR count). The number of ketones is 1. The lowest BCUT2D eigenvalue weighted by Gasteiger charge is -2.07. The monoisotopic (exact) mass is 376 g/mol. The highest BCUT2D eigenvalue weighted by Gasteiger charge is 2.11. The van der Waals surface area contributed by atoms with E-state index in [1.165, 1.54) is 0 Å². The highest BCUT2D eigenvalue weighted by Crippen LogP contribution is 2.13. The van der Waals surface area contributed by atoms with Crippen LogP contribution >= 0.6 is 0 Å². The number of carbonyl (C=O) groups excluding carboxylic acids is 2. The van der Waals surface area contributed by atoms with E-state index in [2.05, 4.69) is 10.3 Å². The molecule has 5 heteroatoms. The Morgan fingerprint density at radius 2 is 1.79 bits per heavy atom. The summed E-state index contributed by atoms with van der Waals surface area (Å²) in [6.45, 7) is 4.22. The van der Waals surface area contributed by atoms with Crippen molar-refractivity contribution in [3.63, 3.8) is 0 Å². The molecule has 5 nitrogen and oxygen atoms in total. The van der Waals surface area contributed by atoms with Gasteiger partial charge in [0.25, 0.3) is 5.56 Å². The largest absolute Gasteiger partial charge is 0.356 e. The Balaban J connectivity index is 1.51. The number of Topliss-reactive ketones (excluding diaryl/α,β-unsaturated/α-hetero) is 1. The first kappa shape index (κ1) is 19.5. The molecule has 0 atom stereocenters. The summed E-state index contributed by atoms with van der Waals surface area (Å²) in [6, 6.07) is 15.1. The van der Waals surface area contributed by atoms with Gasteiger partial charge < -0.3 is 10.3 Å². The van der Waals surface area contributed by atoms with E-state index in [1.54, 1.807) is 6.07 Å². The molecule has 2 N–H and O–H groups in total. The maximum atomic E-state index is 12.2. The van der Waals surface area contributed by atoms with E-state index in [-0.39, 0.29) is 30.1 Å². The van der Waals surface area contributed by atoms with Crippen molar-refractivity contribution in [1.82, 2.24) is 10.3 Å². The number of hydrogen-bond donors (Lipinski definition) is 2. The average Bonchev–Trinajstić information content (AvgIpc) is 2.67. The molecule has 2 aromatic carbocycles. The molecule has 144 valence electrons. The van der Waals surface area contributed by atoms with Gasteiger partial charge >= 0.3 is 0 Å². The maximum absolute atomic E-state index is 12.2. The van der Waals surface area contributed by atoms with Crippen molar-refractivity contribution in [2.45, 2.75) is 33.1 Å². The van der Waals surface area contributed by atoms with Crippen LogP contribution in [0.4, 0.5) is 0 Å². The SMILES string of the molecule is Cc1ccc2cc(CCNC(=O)CCC(=O)c3ccccc3C)c(=O)[nH]c2c1. The molecule has 0 fully saturated rings. The molecule has 0 radical (unpaired) electrons. The maximum Gasteiger partial charge on any atom is 0.251 e. The minimum Gasteiger partial charge on any atom is -0.356 e. The zero-order valence-electron chi connectivity index (χ0n) is 16.2. The number of H-pyrrole nitrogens is 1. The fraction of sp³-hybridized carbons (Fsp3) is 0.261. The van der Waals surface area contributed by atoms with E-state index in [9.17, 15) is 14.4 Å². The highest BCUT2D eigenvalue weighted by molar-refractivity contribution is 5.99. The zero-order valence-corrected chi connectivity index (χ0v) is 16.2. The molecule has 0 saturated carbocycles. The van der Waals surface area contributed by atoms with Crippen LogP contribution in [0.1, 0.15) is 39.9 Å². The van der Waals surface area contributed by atoms with Crippen molar-refractivity contribution in [2.75, 3.05) is 6.54 Å². The summed E-state index contributed by atoms with van der Waals surface area (Å²) < 4.78 is 0. The van der Waals surface area contributed by atoms with E-state index < -0.39 is 0 Å². The molecule has 0 spiro atoms. The number of carbonyl (C=O) groups is 2. The third kappa shape index (κ3) is 4.74. The molecule has 0 aliphatic rings. The summed E-state index contributed by atoms with van der Waals surface area (Å²) >= 11 is 0. The Hall–Kier alpha value is -3.21. The molecular formula is C23H24N2O3. The second kappa shape index (κ2) is 8.65. The Kier molecular flexibility index (Phi) is 6.04. The van der Waals surface area contributed by atoms with Crippen molar-refractivity contribution >= 4 is 22.6 Å². The number of hydrogen-bond acceptors (Lipinski definition) is 3. The average molecular weight is 376 g/mol. The van der Waals surface area contributed by atoms with Gasteiger partial charge in [0.2, 0.25) is 5.91 Å². The Labute approximate surface area is 163 Å². The van der Waals surface area contributed by atoms with Gasteiger partial charge in [-0.2, -0.15) is 0 Å².